The van der Waals surface area contributed by atoms with E-state index in [4.69, 9.17) is 9.47 Å². The fraction of sp³-hybridized carbons (Fsp3) is 0.211. The van der Waals surface area contributed by atoms with Gasteiger partial charge in [0.25, 0.3) is 0 Å². The Hall–Kier alpha value is -2.62. The van der Waals surface area contributed by atoms with Crippen molar-refractivity contribution in [2.45, 2.75) is 20.8 Å². The molecule has 0 amide bonds. The highest BCUT2D eigenvalue weighted by molar-refractivity contribution is 5.93. The molecule has 0 unspecified atom stereocenters. The number of carbonyl (C=O) groups excluding carboxylic acids is 1. The van der Waals surface area contributed by atoms with E-state index >= 15 is 0 Å². The normalized spacial score (nSPS) is 11.3. The van der Waals surface area contributed by atoms with E-state index in [-0.39, 0.29) is 0 Å². The van der Waals surface area contributed by atoms with E-state index in [9.17, 15) is 9.18 Å². The topological polar surface area (TPSA) is 35.5 Å². The zero-order valence-electron chi connectivity index (χ0n) is 13.6. The second-order valence-electron chi connectivity index (χ2n) is 5.38. The highest BCUT2D eigenvalue weighted by Crippen LogP contribution is 2.26. The van der Waals surface area contributed by atoms with Gasteiger partial charge in [-0.1, -0.05) is 29.8 Å². The molecule has 0 atom stereocenters. The van der Waals surface area contributed by atoms with Crippen LogP contribution in [-0.4, -0.2) is 13.1 Å². The standard InChI is InChI=1S/C19H19FO3/c1-12-9-13(2)18(14(3)10-12)23-19(21)17(20)11-15-5-7-16(22-4)8-6-15/h5-11H,1-4H3/b17-11+. The lowest BCUT2D eigenvalue weighted by atomic mass is 10.1. The Kier molecular flexibility index (Phi) is 5.16. The molecule has 2 rings (SSSR count). The highest BCUT2D eigenvalue weighted by Gasteiger charge is 2.15. The second kappa shape index (κ2) is 7.09. The van der Waals surface area contributed by atoms with Gasteiger partial charge in [0.2, 0.25) is 5.83 Å². The van der Waals surface area contributed by atoms with Gasteiger partial charge < -0.3 is 9.47 Å². The minimum atomic E-state index is -1.00. The van der Waals surface area contributed by atoms with Gasteiger partial charge in [-0.25, -0.2) is 4.79 Å². The maximum atomic E-state index is 14.0. The number of halogens is 1. The summed E-state index contributed by atoms with van der Waals surface area (Å²) in [6.45, 7) is 5.61. The number of methoxy groups -OCH3 is 1. The molecule has 2 aromatic carbocycles. The molecule has 0 aromatic heterocycles. The maximum absolute atomic E-state index is 14.0. The number of aryl methyl sites for hydroxylation is 3. The Morgan fingerprint density at radius 2 is 1.61 bits per heavy atom. The quantitative estimate of drug-likeness (QED) is 0.472. The number of rotatable bonds is 4. The summed E-state index contributed by atoms with van der Waals surface area (Å²) in [5.74, 6) is -0.889. The Morgan fingerprint density at radius 1 is 1.04 bits per heavy atom. The summed E-state index contributed by atoms with van der Waals surface area (Å²) in [6.07, 6.45) is 1.14. The fourth-order valence-electron chi connectivity index (χ4n) is 2.37. The molecule has 0 radical (unpaired) electrons. The van der Waals surface area contributed by atoms with E-state index in [1.165, 1.54) is 0 Å². The first kappa shape index (κ1) is 16.7. The molecule has 120 valence electrons. The summed E-state index contributed by atoms with van der Waals surface area (Å²) in [5.41, 5.74) is 3.22. The predicted octanol–water partition coefficient (Wildman–Crippen LogP) is 4.54. The highest BCUT2D eigenvalue weighted by atomic mass is 19.1. The van der Waals surface area contributed by atoms with E-state index in [0.29, 0.717) is 17.1 Å². The monoisotopic (exact) mass is 314 g/mol. The first-order valence-electron chi connectivity index (χ1n) is 7.22. The van der Waals surface area contributed by atoms with Gasteiger partial charge in [-0.05, 0) is 55.7 Å². The van der Waals surface area contributed by atoms with Gasteiger partial charge in [0.15, 0.2) is 0 Å². The van der Waals surface area contributed by atoms with Gasteiger partial charge in [0.05, 0.1) is 7.11 Å². The van der Waals surface area contributed by atoms with Crippen molar-refractivity contribution in [3.8, 4) is 11.5 Å². The average molecular weight is 314 g/mol. The molecule has 2 aromatic rings. The third-order valence-corrected chi connectivity index (χ3v) is 3.40. The number of esters is 1. The molecule has 0 saturated heterocycles. The Bertz CT molecular complexity index is 723. The lowest BCUT2D eigenvalue weighted by Gasteiger charge is -2.10. The number of benzene rings is 2. The number of hydrogen-bond donors (Lipinski definition) is 0. The zero-order valence-corrected chi connectivity index (χ0v) is 13.6. The van der Waals surface area contributed by atoms with E-state index in [2.05, 4.69) is 0 Å². The van der Waals surface area contributed by atoms with Crippen molar-refractivity contribution in [2.24, 2.45) is 0 Å². The molecule has 0 N–H and O–H groups in total. The van der Waals surface area contributed by atoms with Gasteiger partial charge in [0.1, 0.15) is 11.5 Å². The van der Waals surface area contributed by atoms with Crippen LogP contribution in [0.1, 0.15) is 22.3 Å². The molecule has 3 nitrogen and oxygen atoms in total. The van der Waals surface area contributed by atoms with Crippen LogP contribution in [0.2, 0.25) is 0 Å². The van der Waals surface area contributed by atoms with Crippen molar-refractivity contribution in [3.63, 3.8) is 0 Å². The van der Waals surface area contributed by atoms with Crippen molar-refractivity contribution in [1.29, 1.82) is 0 Å². The van der Waals surface area contributed by atoms with Crippen LogP contribution in [0.4, 0.5) is 4.39 Å². The third-order valence-electron chi connectivity index (χ3n) is 3.40. The van der Waals surface area contributed by atoms with Gasteiger partial charge in [0, 0.05) is 0 Å². The molecule has 0 fully saturated rings. The Morgan fingerprint density at radius 3 is 2.13 bits per heavy atom. The summed E-state index contributed by atoms with van der Waals surface area (Å²) in [5, 5.41) is 0. The summed E-state index contributed by atoms with van der Waals surface area (Å²) < 4.78 is 24.3. The zero-order chi connectivity index (χ0) is 17.0. The summed E-state index contributed by atoms with van der Waals surface area (Å²) >= 11 is 0. The fourth-order valence-corrected chi connectivity index (χ4v) is 2.37. The van der Waals surface area contributed by atoms with Crippen LogP contribution in [-0.2, 0) is 4.79 Å². The maximum Gasteiger partial charge on any atom is 0.372 e. The van der Waals surface area contributed by atoms with Crippen LogP contribution in [0.3, 0.4) is 0 Å². The minimum absolute atomic E-state index is 0.402. The smallest absolute Gasteiger partial charge is 0.372 e. The van der Waals surface area contributed by atoms with Crippen molar-refractivity contribution < 1.29 is 18.7 Å². The van der Waals surface area contributed by atoms with E-state index < -0.39 is 11.8 Å². The Balaban J connectivity index is 2.18. The number of hydrogen-bond acceptors (Lipinski definition) is 3. The van der Waals surface area contributed by atoms with Crippen LogP contribution >= 0.6 is 0 Å². The predicted molar refractivity (Wildman–Crippen MR) is 88.4 cm³/mol. The van der Waals surface area contributed by atoms with Crippen molar-refractivity contribution in [3.05, 3.63) is 64.5 Å². The van der Waals surface area contributed by atoms with E-state index in [0.717, 1.165) is 22.8 Å². The summed E-state index contributed by atoms with van der Waals surface area (Å²) in [4.78, 5) is 11.9. The van der Waals surface area contributed by atoms with Crippen LogP contribution in [0.5, 0.6) is 11.5 Å². The minimum Gasteiger partial charge on any atom is -0.497 e. The lowest BCUT2D eigenvalue weighted by Crippen LogP contribution is -2.10. The van der Waals surface area contributed by atoms with Crippen LogP contribution in [0.15, 0.2) is 42.2 Å². The molecular formula is C19H19FO3. The number of carbonyl (C=O) groups is 1. The van der Waals surface area contributed by atoms with Gasteiger partial charge in [-0.3, -0.25) is 0 Å². The lowest BCUT2D eigenvalue weighted by molar-refractivity contribution is -0.131. The summed E-state index contributed by atoms with van der Waals surface area (Å²) in [7, 11) is 1.55. The average Bonchev–Trinajstić information content (AvgIpc) is 2.51. The van der Waals surface area contributed by atoms with Gasteiger partial charge in [-0.15, -0.1) is 0 Å². The number of ether oxygens (including phenoxy) is 2. The van der Waals surface area contributed by atoms with Crippen molar-refractivity contribution in [2.75, 3.05) is 7.11 Å². The first-order valence-corrected chi connectivity index (χ1v) is 7.22. The van der Waals surface area contributed by atoms with E-state index in [1.54, 1.807) is 31.4 Å². The molecule has 0 heterocycles. The SMILES string of the molecule is COc1ccc(/C=C(/F)C(=O)Oc2c(C)cc(C)cc2C)cc1. The Labute approximate surface area is 135 Å². The molecule has 0 saturated carbocycles. The van der Waals surface area contributed by atoms with Crippen LogP contribution in [0.25, 0.3) is 6.08 Å². The molecule has 23 heavy (non-hydrogen) atoms. The molecule has 0 spiro atoms. The molecular weight excluding hydrogens is 295 g/mol. The van der Waals surface area contributed by atoms with E-state index in [1.807, 2.05) is 32.9 Å². The summed E-state index contributed by atoms with van der Waals surface area (Å²) in [6, 6.07) is 10.5. The largest absolute Gasteiger partial charge is 0.497 e. The first-order chi connectivity index (χ1) is 10.9. The molecule has 0 bridgehead atoms. The van der Waals surface area contributed by atoms with Crippen LogP contribution in [0, 0.1) is 20.8 Å². The van der Waals surface area contributed by atoms with Gasteiger partial charge in [-0.2, -0.15) is 4.39 Å². The van der Waals surface area contributed by atoms with Crippen LogP contribution < -0.4 is 9.47 Å². The van der Waals surface area contributed by atoms with Gasteiger partial charge >= 0.3 is 5.97 Å². The molecule has 0 aliphatic heterocycles. The van der Waals surface area contributed by atoms with Crippen molar-refractivity contribution >= 4 is 12.0 Å². The molecule has 0 aliphatic rings. The second-order valence-corrected chi connectivity index (χ2v) is 5.38. The molecule has 4 heteroatoms. The third kappa shape index (κ3) is 4.19. The van der Waals surface area contributed by atoms with Crippen molar-refractivity contribution in [1.82, 2.24) is 0 Å². The molecule has 0 aliphatic carbocycles.